The third kappa shape index (κ3) is 4.29. The highest BCUT2D eigenvalue weighted by atomic mass is 19.4. The van der Waals surface area contributed by atoms with Crippen LogP contribution in [-0.2, 0) is 0 Å². The Kier molecular flexibility index (Phi) is 4.62. The maximum atomic E-state index is 12.3. The smallest absolute Gasteiger partial charge is 0.327 e. The first-order valence-electron chi connectivity index (χ1n) is 5.88. The molecular weight excluding hydrogens is 217 g/mol. The maximum absolute atomic E-state index is 12.3. The van der Waals surface area contributed by atoms with Crippen LogP contribution in [0.5, 0.6) is 0 Å². The first-order chi connectivity index (χ1) is 7.31. The van der Waals surface area contributed by atoms with E-state index in [1.807, 2.05) is 13.8 Å². The van der Waals surface area contributed by atoms with Gasteiger partial charge in [-0.05, 0) is 25.7 Å². The fourth-order valence-corrected chi connectivity index (χ4v) is 2.38. The summed E-state index contributed by atoms with van der Waals surface area (Å²) in [5, 5.41) is 0. The molecule has 96 valence electrons. The van der Waals surface area contributed by atoms with Gasteiger partial charge >= 0.3 is 6.18 Å². The van der Waals surface area contributed by atoms with Crippen molar-refractivity contribution in [2.75, 3.05) is 13.1 Å². The molecule has 1 heterocycles. The highest BCUT2D eigenvalue weighted by molar-refractivity contribution is 4.84. The van der Waals surface area contributed by atoms with E-state index < -0.39 is 12.6 Å². The van der Waals surface area contributed by atoms with Crippen molar-refractivity contribution < 1.29 is 13.2 Å². The molecule has 5 heteroatoms. The second-order valence-corrected chi connectivity index (χ2v) is 4.89. The minimum absolute atomic E-state index is 0.116. The maximum Gasteiger partial charge on any atom is 0.389 e. The van der Waals surface area contributed by atoms with Gasteiger partial charge in [-0.15, -0.1) is 0 Å². The summed E-state index contributed by atoms with van der Waals surface area (Å²) >= 11 is 0. The van der Waals surface area contributed by atoms with Crippen molar-refractivity contribution >= 4 is 0 Å². The Balaban J connectivity index is 2.54. The molecule has 1 fully saturated rings. The Hall–Kier alpha value is -0.290. The van der Waals surface area contributed by atoms with Crippen LogP contribution in [-0.4, -0.2) is 36.2 Å². The van der Waals surface area contributed by atoms with Gasteiger partial charge in [0.25, 0.3) is 0 Å². The van der Waals surface area contributed by atoms with E-state index in [-0.39, 0.29) is 12.0 Å². The summed E-state index contributed by atoms with van der Waals surface area (Å²) < 4.78 is 37.0. The number of piperidine rings is 1. The fraction of sp³-hybridized carbons (Fsp3) is 1.00. The first-order valence-corrected chi connectivity index (χ1v) is 5.88. The molecule has 0 aromatic carbocycles. The molecule has 0 aromatic rings. The van der Waals surface area contributed by atoms with E-state index in [0.717, 1.165) is 13.0 Å². The lowest BCUT2D eigenvalue weighted by molar-refractivity contribution is -0.149. The molecule has 0 amide bonds. The molecular formula is C11H21F3N2. The molecule has 1 rings (SSSR count). The van der Waals surface area contributed by atoms with Crippen molar-refractivity contribution in [2.45, 2.75) is 51.4 Å². The Morgan fingerprint density at radius 1 is 1.38 bits per heavy atom. The van der Waals surface area contributed by atoms with Gasteiger partial charge in [-0.3, -0.25) is 4.90 Å². The van der Waals surface area contributed by atoms with Gasteiger partial charge in [0.1, 0.15) is 0 Å². The Morgan fingerprint density at radius 3 is 2.50 bits per heavy atom. The largest absolute Gasteiger partial charge is 0.389 e. The van der Waals surface area contributed by atoms with Crippen molar-refractivity contribution in [1.29, 1.82) is 0 Å². The van der Waals surface area contributed by atoms with E-state index in [4.69, 9.17) is 5.73 Å². The number of halogens is 3. The van der Waals surface area contributed by atoms with E-state index >= 15 is 0 Å². The number of alkyl halides is 3. The molecule has 0 saturated carbocycles. The van der Waals surface area contributed by atoms with Crippen molar-refractivity contribution in [3.63, 3.8) is 0 Å². The standard InChI is InChI=1S/C11H21F3N2/c1-3-8(2)16-6-9(4-10(15)7-16)5-11(12,13)14/h8-10H,3-7,15H2,1-2H3. The predicted molar refractivity (Wildman–Crippen MR) is 58.1 cm³/mol. The zero-order valence-electron chi connectivity index (χ0n) is 9.93. The van der Waals surface area contributed by atoms with Crippen molar-refractivity contribution in [3.8, 4) is 0 Å². The lowest BCUT2D eigenvalue weighted by Crippen LogP contribution is -2.50. The highest BCUT2D eigenvalue weighted by Crippen LogP contribution is 2.30. The summed E-state index contributed by atoms with van der Waals surface area (Å²) in [6.07, 6.45) is -3.33. The lowest BCUT2D eigenvalue weighted by Gasteiger charge is -2.39. The van der Waals surface area contributed by atoms with Crippen LogP contribution in [0.15, 0.2) is 0 Å². The summed E-state index contributed by atoms with van der Waals surface area (Å²) in [6, 6.07) is 0.206. The molecule has 16 heavy (non-hydrogen) atoms. The Labute approximate surface area is 95.0 Å². The second kappa shape index (κ2) is 5.36. The van der Waals surface area contributed by atoms with E-state index in [0.29, 0.717) is 19.0 Å². The third-order valence-corrected chi connectivity index (χ3v) is 3.33. The summed E-state index contributed by atoms with van der Waals surface area (Å²) in [6.45, 7) is 5.35. The Bertz CT molecular complexity index is 218. The minimum Gasteiger partial charge on any atom is -0.327 e. The number of hydrogen-bond acceptors (Lipinski definition) is 2. The lowest BCUT2D eigenvalue weighted by atomic mass is 9.90. The van der Waals surface area contributed by atoms with Gasteiger partial charge < -0.3 is 5.73 Å². The zero-order chi connectivity index (χ0) is 12.3. The fourth-order valence-electron chi connectivity index (χ4n) is 2.38. The van der Waals surface area contributed by atoms with Crippen LogP contribution < -0.4 is 5.73 Å². The van der Waals surface area contributed by atoms with Crippen LogP contribution in [0.25, 0.3) is 0 Å². The predicted octanol–water partition coefficient (Wildman–Crippen LogP) is 2.39. The van der Waals surface area contributed by atoms with Crippen molar-refractivity contribution in [1.82, 2.24) is 4.90 Å². The molecule has 0 aromatic heterocycles. The molecule has 0 bridgehead atoms. The molecule has 0 spiro atoms. The van der Waals surface area contributed by atoms with Crippen LogP contribution >= 0.6 is 0 Å². The highest BCUT2D eigenvalue weighted by Gasteiger charge is 2.36. The van der Waals surface area contributed by atoms with E-state index in [1.54, 1.807) is 0 Å². The van der Waals surface area contributed by atoms with E-state index in [2.05, 4.69) is 4.90 Å². The van der Waals surface area contributed by atoms with Crippen LogP contribution in [0, 0.1) is 5.92 Å². The second-order valence-electron chi connectivity index (χ2n) is 4.89. The monoisotopic (exact) mass is 238 g/mol. The molecule has 3 unspecified atom stereocenters. The molecule has 0 radical (unpaired) electrons. The Morgan fingerprint density at radius 2 is 2.00 bits per heavy atom. The molecule has 1 aliphatic heterocycles. The third-order valence-electron chi connectivity index (χ3n) is 3.33. The summed E-state index contributed by atoms with van der Waals surface area (Å²) in [5.74, 6) is -0.335. The van der Waals surface area contributed by atoms with Crippen LogP contribution in [0.4, 0.5) is 13.2 Å². The van der Waals surface area contributed by atoms with Crippen molar-refractivity contribution in [3.05, 3.63) is 0 Å². The first kappa shape index (κ1) is 13.8. The van der Waals surface area contributed by atoms with Crippen LogP contribution in [0.1, 0.15) is 33.1 Å². The molecule has 2 N–H and O–H groups in total. The zero-order valence-corrected chi connectivity index (χ0v) is 9.93. The number of hydrogen-bond donors (Lipinski definition) is 1. The average molecular weight is 238 g/mol. The SMILES string of the molecule is CCC(C)N1CC(N)CC(CC(F)(F)F)C1. The number of likely N-dealkylation sites (tertiary alicyclic amines) is 1. The number of rotatable bonds is 3. The minimum atomic E-state index is -4.07. The van der Waals surface area contributed by atoms with Gasteiger partial charge in [0, 0.05) is 31.6 Å². The van der Waals surface area contributed by atoms with Crippen LogP contribution in [0.2, 0.25) is 0 Å². The van der Waals surface area contributed by atoms with Gasteiger partial charge in [0.2, 0.25) is 0 Å². The van der Waals surface area contributed by atoms with Gasteiger partial charge in [-0.25, -0.2) is 0 Å². The van der Waals surface area contributed by atoms with Crippen molar-refractivity contribution in [2.24, 2.45) is 11.7 Å². The van der Waals surface area contributed by atoms with E-state index in [1.165, 1.54) is 0 Å². The molecule has 0 aliphatic carbocycles. The molecule has 1 saturated heterocycles. The molecule has 3 atom stereocenters. The summed E-state index contributed by atoms with van der Waals surface area (Å²) in [7, 11) is 0. The van der Waals surface area contributed by atoms with E-state index in [9.17, 15) is 13.2 Å². The van der Waals surface area contributed by atoms with Gasteiger partial charge in [-0.1, -0.05) is 6.92 Å². The van der Waals surface area contributed by atoms with Gasteiger partial charge in [-0.2, -0.15) is 13.2 Å². The topological polar surface area (TPSA) is 29.3 Å². The summed E-state index contributed by atoms with van der Waals surface area (Å²) in [4.78, 5) is 2.09. The van der Waals surface area contributed by atoms with Gasteiger partial charge in [0.05, 0.1) is 0 Å². The summed E-state index contributed by atoms with van der Waals surface area (Å²) in [5.41, 5.74) is 5.82. The number of nitrogens with two attached hydrogens (primary N) is 1. The average Bonchev–Trinajstić information content (AvgIpc) is 2.12. The van der Waals surface area contributed by atoms with Gasteiger partial charge in [0.15, 0.2) is 0 Å². The quantitative estimate of drug-likeness (QED) is 0.818. The van der Waals surface area contributed by atoms with Crippen LogP contribution in [0.3, 0.4) is 0 Å². The molecule has 1 aliphatic rings. The normalized spacial score (nSPS) is 30.4. The molecule has 2 nitrogen and oxygen atoms in total. The number of nitrogens with zero attached hydrogens (tertiary/aromatic N) is 1.